The van der Waals surface area contributed by atoms with Gasteiger partial charge in [0, 0.05) is 12.7 Å². The maximum absolute atomic E-state index is 13.3. The van der Waals surface area contributed by atoms with Gasteiger partial charge in [0.25, 0.3) is 0 Å². The molecule has 0 unspecified atom stereocenters. The average molecular weight is 265 g/mol. The van der Waals surface area contributed by atoms with E-state index in [1.807, 2.05) is 0 Å². The van der Waals surface area contributed by atoms with Crippen LogP contribution in [0.3, 0.4) is 0 Å². The van der Waals surface area contributed by atoms with Gasteiger partial charge in [-0.2, -0.15) is 10.4 Å². The highest BCUT2D eigenvalue weighted by Crippen LogP contribution is 2.25. The number of aromatic nitrogens is 2. The van der Waals surface area contributed by atoms with Crippen molar-refractivity contribution >= 4 is 23.1 Å². The number of nitriles is 1. The molecule has 1 N–H and O–H groups in total. The predicted octanol–water partition coefficient (Wildman–Crippen LogP) is 3.14. The zero-order valence-corrected chi connectivity index (χ0v) is 10.6. The van der Waals surface area contributed by atoms with Crippen LogP contribution in [-0.2, 0) is 7.05 Å². The van der Waals surface area contributed by atoms with Gasteiger partial charge in [-0.1, -0.05) is 11.6 Å². The third-order valence-electron chi connectivity index (χ3n) is 2.52. The summed E-state index contributed by atoms with van der Waals surface area (Å²) in [5.74, 6) is 0.00999. The second kappa shape index (κ2) is 4.67. The topological polar surface area (TPSA) is 53.6 Å². The van der Waals surface area contributed by atoms with Gasteiger partial charge in [0.05, 0.1) is 10.7 Å². The Morgan fingerprint density at radius 1 is 1.50 bits per heavy atom. The first-order valence-electron chi connectivity index (χ1n) is 5.18. The first-order chi connectivity index (χ1) is 8.52. The summed E-state index contributed by atoms with van der Waals surface area (Å²) >= 11 is 5.60. The standard InChI is InChI=1S/C12H10ClFN4/c1-7-9(6-15)12(18(2)17-7)16-8-3-4-10(13)11(14)5-8/h3-5,16H,1-2H3. The molecule has 1 heterocycles. The molecule has 0 saturated carbocycles. The maximum Gasteiger partial charge on any atom is 0.146 e. The normalized spacial score (nSPS) is 10.2. The summed E-state index contributed by atoms with van der Waals surface area (Å²) in [5, 5.41) is 16.2. The number of nitrogens with zero attached hydrogens (tertiary/aromatic N) is 3. The van der Waals surface area contributed by atoms with Gasteiger partial charge in [-0.15, -0.1) is 0 Å². The summed E-state index contributed by atoms with van der Waals surface area (Å²) in [6, 6.07) is 6.42. The second-order valence-corrected chi connectivity index (χ2v) is 4.21. The molecule has 4 nitrogen and oxygen atoms in total. The Morgan fingerprint density at radius 3 is 2.83 bits per heavy atom. The summed E-state index contributed by atoms with van der Waals surface area (Å²) < 4.78 is 14.9. The molecule has 0 bridgehead atoms. The van der Waals surface area contributed by atoms with Gasteiger partial charge >= 0.3 is 0 Å². The minimum absolute atomic E-state index is 0.0576. The molecule has 0 aliphatic carbocycles. The zero-order chi connectivity index (χ0) is 13.3. The van der Waals surface area contributed by atoms with Crippen molar-refractivity contribution in [3.05, 3.63) is 40.3 Å². The molecule has 18 heavy (non-hydrogen) atoms. The monoisotopic (exact) mass is 264 g/mol. The van der Waals surface area contributed by atoms with E-state index in [0.717, 1.165) is 0 Å². The zero-order valence-electron chi connectivity index (χ0n) is 9.83. The number of nitrogens with one attached hydrogen (secondary N) is 1. The van der Waals surface area contributed by atoms with Crippen LogP contribution in [0.15, 0.2) is 18.2 Å². The molecule has 1 aromatic heterocycles. The fraction of sp³-hybridized carbons (Fsp3) is 0.167. The summed E-state index contributed by atoms with van der Waals surface area (Å²) in [4.78, 5) is 0. The third-order valence-corrected chi connectivity index (χ3v) is 2.82. The largest absolute Gasteiger partial charge is 0.339 e. The number of benzene rings is 1. The summed E-state index contributed by atoms with van der Waals surface area (Å²) in [7, 11) is 1.71. The minimum atomic E-state index is -0.515. The van der Waals surface area contributed by atoms with Crippen LogP contribution in [0.1, 0.15) is 11.3 Å². The lowest BCUT2D eigenvalue weighted by Gasteiger charge is -2.07. The average Bonchev–Trinajstić information content (AvgIpc) is 2.58. The molecule has 2 aromatic rings. The van der Waals surface area contributed by atoms with Gasteiger partial charge in [0.15, 0.2) is 0 Å². The molecule has 0 aliphatic heterocycles. The highest BCUT2D eigenvalue weighted by Gasteiger charge is 2.13. The van der Waals surface area contributed by atoms with E-state index in [2.05, 4.69) is 16.5 Å². The lowest BCUT2D eigenvalue weighted by molar-refractivity contribution is 0.629. The molecule has 0 amide bonds. The van der Waals surface area contributed by atoms with Crippen LogP contribution in [-0.4, -0.2) is 9.78 Å². The predicted molar refractivity (Wildman–Crippen MR) is 67.4 cm³/mol. The van der Waals surface area contributed by atoms with Crippen LogP contribution in [0.2, 0.25) is 5.02 Å². The van der Waals surface area contributed by atoms with Crippen LogP contribution in [0.25, 0.3) is 0 Å². The first kappa shape index (κ1) is 12.4. The highest BCUT2D eigenvalue weighted by atomic mass is 35.5. The Kier molecular flexibility index (Phi) is 3.21. The first-order valence-corrected chi connectivity index (χ1v) is 5.56. The van der Waals surface area contributed by atoms with Gasteiger partial charge in [0.1, 0.15) is 23.3 Å². The van der Waals surface area contributed by atoms with Crippen molar-refractivity contribution in [3.8, 4) is 6.07 Å². The summed E-state index contributed by atoms with van der Waals surface area (Å²) in [5.41, 5.74) is 1.57. The molecule has 0 fully saturated rings. The highest BCUT2D eigenvalue weighted by molar-refractivity contribution is 6.30. The SMILES string of the molecule is Cc1nn(C)c(Nc2ccc(Cl)c(F)c2)c1C#N. The van der Waals surface area contributed by atoms with Crippen molar-refractivity contribution in [1.82, 2.24) is 9.78 Å². The van der Waals surface area contributed by atoms with E-state index >= 15 is 0 Å². The van der Waals surface area contributed by atoms with Gasteiger partial charge < -0.3 is 5.32 Å². The molecule has 0 radical (unpaired) electrons. The fourth-order valence-corrected chi connectivity index (χ4v) is 1.76. The molecule has 1 aromatic carbocycles. The van der Waals surface area contributed by atoms with Gasteiger partial charge in [-0.05, 0) is 25.1 Å². The number of anilines is 2. The number of halogens is 2. The van der Waals surface area contributed by atoms with Crippen molar-refractivity contribution in [1.29, 1.82) is 5.26 Å². The van der Waals surface area contributed by atoms with Gasteiger partial charge in [-0.3, -0.25) is 4.68 Å². The van der Waals surface area contributed by atoms with Crippen LogP contribution >= 0.6 is 11.6 Å². The van der Waals surface area contributed by atoms with Crippen molar-refractivity contribution in [2.75, 3.05) is 5.32 Å². The number of hydrogen-bond donors (Lipinski definition) is 1. The lowest BCUT2D eigenvalue weighted by Crippen LogP contribution is -2.00. The fourth-order valence-electron chi connectivity index (χ4n) is 1.65. The minimum Gasteiger partial charge on any atom is -0.339 e. The Hall–Kier alpha value is -2.06. The van der Waals surface area contributed by atoms with E-state index in [1.165, 1.54) is 12.1 Å². The molecular weight excluding hydrogens is 255 g/mol. The van der Waals surface area contributed by atoms with Crippen molar-refractivity contribution < 1.29 is 4.39 Å². The molecule has 2 rings (SSSR count). The molecular formula is C12H10ClFN4. The maximum atomic E-state index is 13.3. The smallest absolute Gasteiger partial charge is 0.146 e. The Bertz CT molecular complexity index is 642. The van der Waals surface area contributed by atoms with Crippen LogP contribution in [0, 0.1) is 24.1 Å². The van der Waals surface area contributed by atoms with Crippen LogP contribution in [0.4, 0.5) is 15.9 Å². The van der Waals surface area contributed by atoms with Gasteiger partial charge in [-0.25, -0.2) is 4.39 Å². The van der Waals surface area contributed by atoms with Crippen molar-refractivity contribution in [2.24, 2.45) is 7.05 Å². The van der Waals surface area contributed by atoms with E-state index in [0.29, 0.717) is 22.8 Å². The molecule has 0 saturated heterocycles. The Labute approximate surface area is 109 Å². The van der Waals surface area contributed by atoms with Gasteiger partial charge in [0.2, 0.25) is 0 Å². The van der Waals surface area contributed by atoms with Crippen molar-refractivity contribution in [3.63, 3.8) is 0 Å². The number of hydrogen-bond acceptors (Lipinski definition) is 3. The molecule has 0 aliphatic rings. The lowest BCUT2D eigenvalue weighted by atomic mass is 10.2. The number of rotatable bonds is 2. The molecule has 0 atom stereocenters. The quantitative estimate of drug-likeness (QED) is 0.907. The van der Waals surface area contributed by atoms with E-state index in [-0.39, 0.29) is 5.02 Å². The van der Waals surface area contributed by atoms with Crippen molar-refractivity contribution in [2.45, 2.75) is 6.92 Å². The van der Waals surface area contributed by atoms with Crippen LogP contribution in [0.5, 0.6) is 0 Å². The van der Waals surface area contributed by atoms with E-state index in [1.54, 1.807) is 24.7 Å². The number of aryl methyl sites for hydroxylation is 2. The Morgan fingerprint density at radius 2 is 2.22 bits per heavy atom. The Balaban J connectivity index is 2.40. The molecule has 6 heteroatoms. The second-order valence-electron chi connectivity index (χ2n) is 3.80. The molecule has 0 spiro atoms. The third kappa shape index (κ3) is 2.15. The molecule has 92 valence electrons. The summed E-state index contributed by atoms with van der Waals surface area (Å²) in [6.45, 7) is 1.74. The van der Waals surface area contributed by atoms with Crippen LogP contribution < -0.4 is 5.32 Å². The van der Waals surface area contributed by atoms with E-state index in [4.69, 9.17) is 16.9 Å². The van der Waals surface area contributed by atoms with E-state index < -0.39 is 5.82 Å². The van der Waals surface area contributed by atoms with E-state index in [9.17, 15) is 4.39 Å². The summed E-state index contributed by atoms with van der Waals surface area (Å²) in [6.07, 6.45) is 0.